The largest absolute Gasteiger partial charge is 0.388 e. The highest BCUT2D eigenvalue weighted by Crippen LogP contribution is 2.23. The summed E-state index contributed by atoms with van der Waals surface area (Å²) in [6.45, 7) is 1.12. The Morgan fingerprint density at radius 2 is 1.30 bits per heavy atom. The van der Waals surface area contributed by atoms with Gasteiger partial charge in [-0.3, -0.25) is 0 Å². The van der Waals surface area contributed by atoms with Crippen LogP contribution in [0.15, 0.2) is 0 Å². The van der Waals surface area contributed by atoms with E-state index in [0.29, 0.717) is 13.2 Å². The fourth-order valence-electron chi connectivity index (χ4n) is 0.945. The summed E-state index contributed by atoms with van der Waals surface area (Å²) in [5.74, 6) is 0. The molecule has 0 aliphatic carbocycles. The van der Waals surface area contributed by atoms with Gasteiger partial charge in [0.05, 0.1) is 13.2 Å². The maximum atomic E-state index is 9.21. The Morgan fingerprint density at radius 1 is 1.00 bits per heavy atom. The molecule has 10 heavy (non-hydrogen) atoms. The minimum absolute atomic E-state index is 0.154. The molecule has 2 aliphatic rings. The van der Waals surface area contributed by atoms with Gasteiger partial charge < -0.3 is 19.7 Å². The van der Waals surface area contributed by atoms with Crippen molar-refractivity contribution in [2.45, 2.75) is 24.4 Å². The predicted octanol–water partition coefficient (Wildman–Crippen LogP) is -1.49. The number of rotatable bonds is 3. The first-order valence-electron chi connectivity index (χ1n) is 3.38. The third-order valence-electron chi connectivity index (χ3n) is 1.83. The Morgan fingerprint density at radius 3 is 1.50 bits per heavy atom. The van der Waals surface area contributed by atoms with E-state index in [1.807, 2.05) is 0 Å². The van der Waals surface area contributed by atoms with E-state index in [2.05, 4.69) is 0 Å². The molecule has 4 nitrogen and oxygen atoms in total. The highest BCUT2D eigenvalue weighted by atomic mass is 16.6. The summed E-state index contributed by atoms with van der Waals surface area (Å²) < 4.78 is 9.61. The molecule has 0 unspecified atom stereocenters. The summed E-state index contributed by atoms with van der Waals surface area (Å²) in [5.41, 5.74) is 0. The van der Waals surface area contributed by atoms with Gasteiger partial charge in [-0.25, -0.2) is 0 Å². The SMILES string of the molecule is O[C@H]([C@H](O)[C@@H]1CO1)[C@@H]1CO1. The second-order valence-corrected chi connectivity index (χ2v) is 2.72. The summed E-state index contributed by atoms with van der Waals surface area (Å²) in [7, 11) is 0. The van der Waals surface area contributed by atoms with Crippen LogP contribution in [0.2, 0.25) is 0 Å². The second kappa shape index (κ2) is 2.17. The molecule has 2 saturated heterocycles. The third kappa shape index (κ3) is 1.15. The van der Waals surface area contributed by atoms with E-state index in [4.69, 9.17) is 9.47 Å². The summed E-state index contributed by atoms with van der Waals surface area (Å²) in [5, 5.41) is 18.4. The molecule has 0 saturated carbocycles. The zero-order chi connectivity index (χ0) is 7.14. The Kier molecular flexibility index (Phi) is 1.42. The molecule has 0 aromatic heterocycles. The van der Waals surface area contributed by atoms with E-state index < -0.39 is 12.2 Å². The fraction of sp³-hybridized carbons (Fsp3) is 1.00. The van der Waals surface area contributed by atoms with Crippen LogP contribution in [0.3, 0.4) is 0 Å². The van der Waals surface area contributed by atoms with Crippen molar-refractivity contribution in [3.05, 3.63) is 0 Å². The van der Waals surface area contributed by atoms with Gasteiger partial charge in [-0.1, -0.05) is 0 Å². The number of hydrogen-bond acceptors (Lipinski definition) is 4. The number of epoxide rings is 2. The van der Waals surface area contributed by atoms with Crippen molar-refractivity contribution in [3.8, 4) is 0 Å². The lowest BCUT2D eigenvalue weighted by molar-refractivity contribution is -0.0116. The van der Waals surface area contributed by atoms with Gasteiger partial charge in [-0.15, -0.1) is 0 Å². The average Bonchev–Trinajstić information content (AvgIpc) is 2.73. The van der Waals surface area contributed by atoms with Gasteiger partial charge in [-0.05, 0) is 0 Å². The van der Waals surface area contributed by atoms with Crippen molar-refractivity contribution in [3.63, 3.8) is 0 Å². The Hall–Kier alpha value is -0.160. The Balaban J connectivity index is 1.83. The number of ether oxygens (including phenoxy) is 2. The molecule has 2 heterocycles. The van der Waals surface area contributed by atoms with Gasteiger partial charge in [0.15, 0.2) is 0 Å². The maximum Gasteiger partial charge on any atom is 0.111 e. The summed E-state index contributed by atoms with van der Waals surface area (Å²) in [6.07, 6.45) is -1.82. The minimum Gasteiger partial charge on any atom is -0.388 e. The maximum absolute atomic E-state index is 9.21. The fourth-order valence-corrected chi connectivity index (χ4v) is 0.945. The quantitative estimate of drug-likeness (QED) is 0.476. The molecule has 2 fully saturated rings. The van der Waals surface area contributed by atoms with Crippen LogP contribution in [0.4, 0.5) is 0 Å². The molecule has 0 radical (unpaired) electrons. The number of aliphatic hydroxyl groups excluding tert-OH is 2. The molecule has 4 heteroatoms. The van der Waals surface area contributed by atoms with Crippen LogP contribution in [0.1, 0.15) is 0 Å². The van der Waals surface area contributed by atoms with Crippen molar-refractivity contribution in [2.24, 2.45) is 0 Å². The van der Waals surface area contributed by atoms with Crippen molar-refractivity contribution in [1.29, 1.82) is 0 Å². The molecule has 2 rings (SSSR count). The van der Waals surface area contributed by atoms with E-state index in [9.17, 15) is 10.2 Å². The van der Waals surface area contributed by atoms with E-state index in [1.165, 1.54) is 0 Å². The average molecular weight is 146 g/mol. The van der Waals surface area contributed by atoms with Crippen LogP contribution in [0.25, 0.3) is 0 Å². The zero-order valence-corrected chi connectivity index (χ0v) is 5.43. The molecular weight excluding hydrogens is 136 g/mol. The molecule has 2 aliphatic heterocycles. The van der Waals surface area contributed by atoms with Crippen LogP contribution < -0.4 is 0 Å². The normalized spacial score (nSPS) is 42.6. The van der Waals surface area contributed by atoms with Crippen LogP contribution in [-0.2, 0) is 9.47 Å². The standard InChI is InChI=1S/C6H10O4/c7-5(3-1-9-3)6(8)4-2-10-4/h3-8H,1-2H2/t3-,4-,5-,6+/m0/s1. The van der Waals surface area contributed by atoms with Crippen LogP contribution in [0.5, 0.6) is 0 Å². The summed E-state index contributed by atoms with van der Waals surface area (Å²) >= 11 is 0. The Labute approximate surface area is 58.4 Å². The van der Waals surface area contributed by atoms with Crippen molar-refractivity contribution in [2.75, 3.05) is 13.2 Å². The van der Waals surface area contributed by atoms with Crippen LogP contribution >= 0.6 is 0 Å². The first kappa shape index (κ1) is 6.54. The van der Waals surface area contributed by atoms with Gasteiger partial charge in [0.1, 0.15) is 24.4 Å². The minimum atomic E-state index is -0.757. The first-order valence-corrected chi connectivity index (χ1v) is 3.38. The predicted molar refractivity (Wildman–Crippen MR) is 31.5 cm³/mol. The van der Waals surface area contributed by atoms with Gasteiger partial charge in [0.25, 0.3) is 0 Å². The van der Waals surface area contributed by atoms with Crippen LogP contribution in [-0.4, -0.2) is 47.8 Å². The molecular formula is C6H10O4. The Bertz CT molecular complexity index is 114. The van der Waals surface area contributed by atoms with Gasteiger partial charge >= 0.3 is 0 Å². The van der Waals surface area contributed by atoms with Crippen molar-refractivity contribution in [1.82, 2.24) is 0 Å². The van der Waals surface area contributed by atoms with Crippen molar-refractivity contribution < 1.29 is 19.7 Å². The second-order valence-electron chi connectivity index (χ2n) is 2.72. The molecule has 0 aromatic rings. The number of aliphatic hydroxyl groups is 2. The summed E-state index contributed by atoms with van der Waals surface area (Å²) in [6, 6.07) is 0. The zero-order valence-electron chi connectivity index (χ0n) is 5.43. The topological polar surface area (TPSA) is 65.5 Å². The lowest BCUT2D eigenvalue weighted by Crippen LogP contribution is -2.35. The summed E-state index contributed by atoms with van der Waals surface area (Å²) in [4.78, 5) is 0. The van der Waals surface area contributed by atoms with Crippen molar-refractivity contribution >= 4 is 0 Å². The molecule has 0 bridgehead atoms. The van der Waals surface area contributed by atoms with Gasteiger partial charge in [0, 0.05) is 0 Å². The van der Waals surface area contributed by atoms with E-state index in [-0.39, 0.29) is 12.2 Å². The lowest BCUT2D eigenvalue weighted by Gasteiger charge is -2.12. The van der Waals surface area contributed by atoms with Gasteiger partial charge in [0.2, 0.25) is 0 Å². The van der Waals surface area contributed by atoms with E-state index >= 15 is 0 Å². The molecule has 58 valence electrons. The lowest BCUT2D eigenvalue weighted by atomic mass is 10.1. The van der Waals surface area contributed by atoms with Crippen LogP contribution in [0, 0.1) is 0 Å². The molecule has 0 amide bonds. The third-order valence-corrected chi connectivity index (χ3v) is 1.83. The highest BCUT2D eigenvalue weighted by molar-refractivity contribution is 4.91. The molecule has 4 atom stereocenters. The molecule has 2 N–H and O–H groups in total. The number of hydrogen-bond donors (Lipinski definition) is 2. The molecule has 0 aromatic carbocycles. The highest BCUT2D eigenvalue weighted by Gasteiger charge is 2.43. The monoisotopic (exact) mass is 146 g/mol. The van der Waals surface area contributed by atoms with E-state index in [1.54, 1.807) is 0 Å². The van der Waals surface area contributed by atoms with Gasteiger partial charge in [-0.2, -0.15) is 0 Å². The first-order chi connectivity index (χ1) is 4.79. The van der Waals surface area contributed by atoms with E-state index in [0.717, 1.165) is 0 Å². The molecule has 0 spiro atoms. The smallest absolute Gasteiger partial charge is 0.111 e.